The normalized spacial score (nSPS) is 19.5. The maximum Gasteiger partial charge on any atom is 0.219 e. The lowest BCUT2D eigenvalue weighted by Gasteiger charge is -2.21. The summed E-state index contributed by atoms with van der Waals surface area (Å²) < 4.78 is 5.58. The largest absolute Gasteiger partial charge is 0.492 e. The van der Waals surface area contributed by atoms with Crippen LogP contribution in [0.25, 0.3) is 0 Å². The Hall–Kier alpha value is -1.30. The second-order valence-electron chi connectivity index (χ2n) is 5.97. The molecule has 128 valence electrons. The first kappa shape index (κ1) is 18.0. The Morgan fingerprint density at radius 1 is 1.39 bits per heavy atom. The quantitative estimate of drug-likeness (QED) is 0.892. The van der Waals surface area contributed by atoms with Crippen molar-refractivity contribution in [3.63, 3.8) is 0 Å². The first-order valence-electron chi connectivity index (χ1n) is 8.06. The molecule has 1 fully saturated rings. The number of carbonyl (C=O) groups excluding carboxylic acids is 1. The lowest BCUT2D eigenvalue weighted by Crippen LogP contribution is -2.36. The van der Waals surface area contributed by atoms with Crippen molar-refractivity contribution in [1.29, 1.82) is 0 Å². The van der Waals surface area contributed by atoms with Gasteiger partial charge in [-0.1, -0.05) is 24.6 Å². The number of hydrogen-bond acceptors (Lipinski definition) is 4. The van der Waals surface area contributed by atoms with Crippen LogP contribution in [0, 0.1) is 0 Å². The van der Waals surface area contributed by atoms with E-state index < -0.39 is 6.10 Å². The van der Waals surface area contributed by atoms with Crippen LogP contribution in [0.3, 0.4) is 0 Å². The number of hydrogen-bond donors (Lipinski definition) is 1. The molecule has 0 aromatic heterocycles. The van der Waals surface area contributed by atoms with Crippen LogP contribution in [0.4, 0.5) is 0 Å². The maximum atomic E-state index is 11.5. The van der Waals surface area contributed by atoms with Crippen molar-refractivity contribution in [1.82, 2.24) is 9.80 Å². The van der Waals surface area contributed by atoms with Crippen molar-refractivity contribution >= 4 is 17.5 Å². The van der Waals surface area contributed by atoms with Gasteiger partial charge in [0.05, 0.1) is 17.7 Å². The molecule has 1 aliphatic heterocycles. The number of rotatable bonds is 5. The number of benzene rings is 1. The standard InChI is InChI=1S/C17H25ClN2O3/c1-3-8-23-17-5-4-14(9-16(17)18)10-19-6-7-20(13(2)21)12-15(22)11-19/h4-5,9,15,22H,3,6-8,10-12H2,1-2H3. The fraction of sp³-hybridized carbons (Fsp3) is 0.588. The van der Waals surface area contributed by atoms with Crippen LogP contribution in [0.15, 0.2) is 18.2 Å². The van der Waals surface area contributed by atoms with E-state index in [9.17, 15) is 9.90 Å². The van der Waals surface area contributed by atoms with Gasteiger partial charge < -0.3 is 14.7 Å². The molecule has 1 aromatic carbocycles. The summed E-state index contributed by atoms with van der Waals surface area (Å²) in [6.45, 7) is 7.26. The van der Waals surface area contributed by atoms with E-state index in [0.717, 1.165) is 18.5 Å². The van der Waals surface area contributed by atoms with Gasteiger partial charge in [-0.2, -0.15) is 0 Å². The molecular weight excluding hydrogens is 316 g/mol. The number of β-amino-alcohol motifs (C(OH)–C–C–N with tert-alkyl or cyclic N) is 1. The fourth-order valence-corrected chi connectivity index (χ4v) is 2.97. The number of ether oxygens (including phenoxy) is 1. The molecule has 5 nitrogen and oxygen atoms in total. The number of carbonyl (C=O) groups is 1. The summed E-state index contributed by atoms with van der Waals surface area (Å²) in [4.78, 5) is 15.3. The highest BCUT2D eigenvalue weighted by molar-refractivity contribution is 6.32. The van der Waals surface area contributed by atoms with E-state index in [4.69, 9.17) is 16.3 Å². The molecule has 1 heterocycles. The van der Waals surface area contributed by atoms with Gasteiger partial charge in [-0.05, 0) is 24.1 Å². The predicted octanol–water partition coefficient (Wildman–Crippen LogP) is 2.15. The second-order valence-corrected chi connectivity index (χ2v) is 6.37. The minimum Gasteiger partial charge on any atom is -0.492 e. The average Bonchev–Trinajstić information content (AvgIpc) is 2.68. The third-order valence-electron chi connectivity index (χ3n) is 3.90. The van der Waals surface area contributed by atoms with Crippen molar-refractivity contribution in [2.75, 3.05) is 32.8 Å². The van der Waals surface area contributed by atoms with Gasteiger partial charge in [0, 0.05) is 39.6 Å². The SMILES string of the molecule is CCCOc1ccc(CN2CCN(C(C)=O)CC(O)C2)cc1Cl. The third kappa shape index (κ3) is 5.37. The molecule has 2 rings (SSSR count). The molecule has 0 saturated carbocycles. The molecular formula is C17H25ClN2O3. The molecule has 1 unspecified atom stereocenters. The van der Waals surface area contributed by atoms with Crippen molar-refractivity contribution in [2.45, 2.75) is 32.9 Å². The molecule has 1 aliphatic rings. The van der Waals surface area contributed by atoms with E-state index >= 15 is 0 Å². The van der Waals surface area contributed by atoms with Crippen LogP contribution >= 0.6 is 11.6 Å². The Labute approximate surface area is 142 Å². The molecule has 1 amide bonds. The van der Waals surface area contributed by atoms with Crippen molar-refractivity contribution in [2.24, 2.45) is 0 Å². The zero-order chi connectivity index (χ0) is 16.8. The Kier molecular flexibility index (Phi) is 6.69. The first-order valence-corrected chi connectivity index (χ1v) is 8.44. The van der Waals surface area contributed by atoms with Crippen LogP contribution in [0.5, 0.6) is 5.75 Å². The summed E-state index contributed by atoms with van der Waals surface area (Å²) in [6, 6.07) is 5.80. The van der Waals surface area contributed by atoms with E-state index in [0.29, 0.717) is 43.6 Å². The van der Waals surface area contributed by atoms with E-state index in [2.05, 4.69) is 11.8 Å². The Morgan fingerprint density at radius 2 is 2.17 bits per heavy atom. The molecule has 0 radical (unpaired) electrons. The summed E-state index contributed by atoms with van der Waals surface area (Å²) in [5.41, 5.74) is 1.07. The number of aliphatic hydroxyl groups excluding tert-OH is 1. The fourth-order valence-electron chi connectivity index (χ4n) is 2.71. The van der Waals surface area contributed by atoms with E-state index in [-0.39, 0.29) is 5.91 Å². The van der Waals surface area contributed by atoms with Crippen LogP contribution in [-0.2, 0) is 11.3 Å². The van der Waals surface area contributed by atoms with Gasteiger partial charge in [0.15, 0.2) is 0 Å². The minimum absolute atomic E-state index is 0.00590. The summed E-state index contributed by atoms with van der Waals surface area (Å²) >= 11 is 6.26. The highest BCUT2D eigenvalue weighted by Gasteiger charge is 2.22. The average molecular weight is 341 g/mol. The summed E-state index contributed by atoms with van der Waals surface area (Å²) in [7, 11) is 0. The van der Waals surface area contributed by atoms with Crippen LogP contribution in [0.2, 0.25) is 5.02 Å². The molecule has 0 spiro atoms. The Balaban J connectivity index is 1.98. The smallest absolute Gasteiger partial charge is 0.219 e. The lowest BCUT2D eigenvalue weighted by molar-refractivity contribution is -0.129. The summed E-state index contributed by atoms with van der Waals surface area (Å²) in [6.07, 6.45) is 0.417. The molecule has 6 heteroatoms. The van der Waals surface area contributed by atoms with Crippen molar-refractivity contribution < 1.29 is 14.6 Å². The van der Waals surface area contributed by atoms with Crippen LogP contribution in [-0.4, -0.2) is 59.7 Å². The van der Waals surface area contributed by atoms with Gasteiger partial charge in [0.2, 0.25) is 5.91 Å². The highest BCUT2D eigenvalue weighted by Crippen LogP contribution is 2.26. The maximum absolute atomic E-state index is 11.5. The number of amides is 1. The summed E-state index contributed by atoms with van der Waals surface area (Å²) in [5.74, 6) is 0.710. The molecule has 1 aromatic rings. The van der Waals surface area contributed by atoms with Gasteiger partial charge in [0.1, 0.15) is 5.75 Å². The van der Waals surface area contributed by atoms with Gasteiger partial charge in [-0.25, -0.2) is 0 Å². The number of aliphatic hydroxyl groups is 1. The van der Waals surface area contributed by atoms with Crippen molar-refractivity contribution in [3.8, 4) is 5.75 Å². The summed E-state index contributed by atoms with van der Waals surface area (Å²) in [5, 5.41) is 10.7. The van der Waals surface area contributed by atoms with Crippen LogP contribution < -0.4 is 4.74 Å². The molecule has 0 bridgehead atoms. The molecule has 1 saturated heterocycles. The first-order chi connectivity index (χ1) is 11.0. The van der Waals surface area contributed by atoms with Gasteiger partial charge in [-0.3, -0.25) is 9.69 Å². The van der Waals surface area contributed by atoms with E-state index in [1.165, 1.54) is 6.92 Å². The van der Waals surface area contributed by atoms with Crippen molar-refractivity contribution in [3.05, 3.63) is 28.8 Å². The number of nitrogens with zero attached hydrogens (tertiary/aromatic N) is 2. The molecule has 23 heavy (non-hydrogen) atoms. The molecule has 0 aliphatic carbocycles. The lowest BCUT2D eigenvalue weighted by atomic mass is 10.2. The van der Waals surface area contributed by atoms with Gasteiger partial charge in [0.25, 0.3) is 0 Å². The topological polar surface area (TPSA) is 53.0 Å². The Morgan fingerprint density at radius 3 is 2.83 bits per heavy atom. The van der Waals surface area contributed by atoms with Crippen LogP contribution in [0.1, 0.15) is 25.8 Å². The second kappa shape index (κ2) is 8.52. The van der Waals surface area contributed by atoms with E-state index in [1.807, 2.05) is 18.2 Å². The predicted molar refractivity (Wildman–Crippen MR) is 90.8 cm³/mol. The zero-order valence-corrected chi connectivity index (χ0v) is 14.6. The zero-order valence-electron chi connectivity index (χ0n) is 13.8. The number of halogens is 1. The minimum atomic E-state index is -0.524. The van der Waals surface area contributed by atoms with E-state index in [1.54, 1.807) is 4.90 Å². The van der Waals surface area contributed by atoms with Gasteiger partial charge >= 0.3 is 0 Å². The highest BCUT2D eigenvalue weighted by atomic mass is 35.5. The molecule has 1 N–H and O–H groups in total. The molecule has 1 atom stereocenters. The monoisotopic (exact) mass is 340 g/mol. The Bertz CT molecular complexity index is 539. The third-order valence-corrected chi connectivity index (χ3v) is 4.19. The van der Waals surface area contributed by atoms with Gasteiger partial charge in [-0.15, -0.1) is 0 Å².